The van der Waals surface area contributed by atoms with Crippen molar-refractivity contribution in [2.24, 2.45) is 0 Å². The second-order valence-corrected chi connectivity index (χ2v) is 23.2. The molecule has 0 bridgehead atoms. The van der Waals surface area contributed by atoms with E-state index in [0.29, 0.717) is 309 Å². The number of amides is 3. The number of unbranched alkanes of at least 4 members (excludes halogenated alkanes) is 1. The van der Waals surface area contributed by atoms with E-state index in [0.717, 1.165) is 25.0 Å². The lowest BCUT2D eigenvalue weighted by atomic mass is 10.0. The molecule has 3 rings (SSSR count). The SMILES string of the molecule is O=C(CCCC[C@@H]1SC[C@@H]2NC(=O)N[C@@H]21)NCCOCCOCCOCCOCCOCCOCCOCCOCCOCCOCCOCCOCCOCCOCCOCCOCCOCCOCCOCCOCCOCCOCCOCCOCCC(=O)Oc1c(F)c(F)cc(F)c1F. The Balaban J connectivity index is 0.840. The van der Waals surface area contributed by atoms with Crippen LogP contribution < -0.4 is 20.7 Å². The Morgan fingerprint density at radius 1 is 0.350 bits per heavy atom. The van der Waals surface area contributed by atoms with Crippen LogP contribution in [0, 0.1) is 23.3 Å². The second kappa shape index (κ2) is 71.5. The lowest BCUT2D eigenvalue weighted by Gasteiger charge is -2.16. The van der Waals surface area contributed by atoms with Crippen molar-refractivity contribution in [1.82, 2.24) is 16.0 Å². The van der Waals surface area contributed by atoms with Crippen LogP contribution in [0.4, 0.5) is 22.4 Å². The molecule has 2 aliphatic rings. The van der Waals surface area contributed by atoms with Crippen LogP contribution >= 0.6 is 11.8 Å². The van der Waals surface area contributed by atoms with E-state index >= 15 is 0 Å². The Labute approximate surface area is 607 Å². The number of nitrogens with one attached hydrogen (secondary N) is 3. The first kappa shape index (κ1) is 93.7. The molecule has 1 aromatic rings. The molecule has 3 N–H and O–H groups in total. The lowest BCUT2D eigenvalue weighted by molar-refractivity contribution is -0.136. The average Bonchev–Trinajstić information content (AvgIpc) is 1.77. The Hall–Kier alpha value is -3.46. The van der Waals surface area contributed by atoms with Crippen molar-refractivity contribution < 1.29 is 150 Å². The Morgan fingerprint density at radius 3 is 0.874 bits per heavy atom. The van der Waals surface area contributed by atoms with Gasteiger partial charge in [-0.25, -0.2) is 13.6 Å². The van der Waals surface area contributed by atoms with Crippen molar-refractivity contribution in [2.75, 3.05) is 329 Å². The maximum Gasteiger partial charge on any atom is 0.315 e. The molecule has 2 fully saturated rings. The lowest BCUT2D eigenvalue weighted by Crippen LogP contribution is -2.36. The van der Waals surface area contributed by atoms with E-state index in [1.165, 1.54) is 0 Å². The fourth-order valence-electron chi connectivity index (χ4n) is 8.75. The van der Waals surface area contributed by atoms with Crippen LogP contribution in [0.5, 0.6) is 5.75 Å². The van der Waals surface area contributed by atoms with Crippen LogP contribution in [0.1, 0.15) is 32.1 Å². The number of esters is 1. The minimum Gasteiger partial charge on any atom is -0.420 e. The zero-order valence-corrected chi connectivity index (χ0v) is 60.9. The van der Waals surface area contributed by atoms with Crippen LogP contribution in [0.15, 0.2) is 6.07 Å². The van der Waals surface area contributed by atoms with Gasteiger partial charge in [-0.3, -0.25) is 9.59 Å². The molecule has 2 saturated heterocycles. The molecule has 36 heteroatoms. The summed E-state index contributed by atoms with van der Waals surface area (Å²) in [6.07, 6.45) is 2.89. The van der Waals surface area contributed by atoms with Gasteiger partial charge in [-0.15, -0.1) is 0 Å². The van der Waals surface area contributed by atoms with Gasteiger partial charge in [0.1, 0.15) is 0 Å². The summed E-state index contributed by atoms with van der Waals surface area (Å²) < 4.78 is 190. The second-order valence-electron chi connectivity index (χ2n) is 21.9. The third-order valence-corrected chi connectivity index (χ3v) is 15.5. The average molecular weight is 1520 g/mol. The number of fused-ring (bicyclic) bond motifs is 1. The summed E-state index contributed by atoms with van der Waals surface area (Å²) in [6, 6.07) is 0.389. The number of thioether (sulfide) groups is 1. The summed E-state index contributed by atoms with van der Waals surface area (Å²) >= 11 is 1.89. The number of carbonyl (C=O) groups is 3. The molecule has 0 aromatic heterocycles. The smallest absolute Gasteiger partial charge is 0.315 e. The Kier molecular flexibility index (Phi) is 65.0. The first-order chi connectivity index (χ1) is 50.8. The first-order valence-electron chi connectivity index (χ1n) is 35.6. The van der Waals surface area contributed by atoms with Gasteiger partial charge >= 0.3 is 12.0 Å². The van der Waals surface area contributed by atoms with Crippen molar-refractivity contribution in [1.29, 1.82) is 0 Å². The topological polar surface area (TPSA) is 318 Å². The van der Waals surface area contributed by atoms with Gasteiger partial charge < -0.3 is 134 Å². The summed E-state index contributed by atoms with van der Waals surface area (Å²) in [7, 11) is 0. The fraction of sp³-hybridized carbons (Fsp3) is 0.866. The Morgan fingerprint density at radius 2 is 0.602 bits per heavy atom. The maximum absolute atomic E-state index is 13.6. The van der Waals surface area contributed by atoms with Gasteiger partial charge in [-0.05, 0) is 12.8 Å². The van der Waals surface area contributed by atoms with Gasteiger partial charge in [0, 0.05) is 30.0 Å². The monoisotopic (exact) mass is 1520 g/mol. The molecule has 2 heterocycles. The quantitative estimate of drug-likeness (QED) is 0.0211. The van der Waals surface area contributed by atoms with Gasteiger partial charge in [-0.1, -0.05) is 6.42 Å². The van der Waals surface area contributed by atoms with Gasteiger partial charge in [-0.2, -0.15) is 20.5 Å². The molecule has 2 aliphatic heterocycles. The molecular formula is C67H117F4N3O28S. The van der Waals surface area contributed by atoms with Crippen molar-refractivity contribution in [3.05, 3.63) is 29.3 Å². The third kappa shape index (κ3) is 57.4. The Bertz CT molecular complexity index is 2100. The molecule has 0 aliphatic carbocycles. The number of hydrogen-bond donors (Lipinski definition) is 3. The number of hydrogen-bond acceptors (Lipinski definition) is 29. The predicted octanol–water partition coefficient (Wildman–Crippen LogP) is 2.78. The van der Waals surface area contributed by atoms with Crippen LogP contribution in [0.2, 0.25) is 0 Å². The summed E-state index contributed by atoms with van der Waals surface area (Å²) in [5, 5.41) is 9.28. The minimum absolute atomic E-state index is 0.0158. The zero-order valence-electron chi connectivity index (χ0n) is 60.1. The maximum atomic E-state index is 13.6. The number of benzene rings is 1. The van der Waals surface area contributed by atoms with E-state index in [4.69, 9.17) is 114 Å². The number of carbonyl (C=O) groups excluding carboxylic acids is 3. The van der Waals surface area contributed by atoms with E-state index in [2.05, 4.69) is 20.7 Å². The number of urea groups is 1. The molecule has 103 heavy (non-hydrogen) atoms. The molecule has 31 nitrogen and oxygen atoms in total. The highest BCUT2D eigenvalue weighted by atomic mass is 32.2. The van der Waals surface area contributed by atoms with Gasteiger partial charge in [0.15, 0.2) is 11.6 Å². The molecule has 0 spiro atoms. The fourth-order valence-corrected chi connectivity index (χ4v) is 10.3. The number of halogens is 4. The van der Waals surface area contributed by atoms with Crippen LogP contribution in [-0.2, 0) is 123 Å². The van der Waals surface area contributed by atoms with E-state index in [1.807, 2.05) is 11.8 Å². The van der Waals surface area contributed by atoms with Crippen molar-refractivity contribution >= 4 is 29.7 Å². The van der Waals surface area contributed by atoms with E-state index < -0.39 is 41.4 Å². The highest BCUT2D eigenvalue weighted by molar-refractivity contribution is 8.00. The third-order valence-electron chi connectivity index (χ3n) is 13.9. The van der Waals surface area contributed by atoms with E-state index in [1.54, 1.807) is 0 Å². The molecular weight excluding hydrogens is 1400 g/mol. The zero-order chi connectivity index (χ0) is 73.5. The van der Waals surface area contributed by atoms with Gasteiger partial charge in [0.05, 0.1) is 336 Å². The van der Waals surface area contributed by atoms with E-state index in [-0.39, 0.29) is 56.5 Å². The first-order valence-corrected chi connectivity index (χ1v) is 36.7. The van der Waals surface area contributed by atoms with Crippen molar-refractivity contribution in [3.63, 3.8) is 0 Å². The number of rotatable bonds is 81. The van der Waals surface area contributed by atoms with Crippen LogP contribution in [-0.4, -0.2) is 365 Å². The minimum atomic E-state index is -1.80. The largest absolute Gasteiger partial charge is 0.420 e. The van der Waals surface area contributed by atoms with Crippen LogP contribution in [0.3, 0.4) is 0 Å². The molecule has 0 saturated carbocycles. The summed E-state index contributed by atoms with van der Waals surface area (Å²) in [5.41, 5.74) is 0. The normalized spacial score (nSPS) is 15.0. The highest BCUT2D eigenvalue weighted by Crippen LogP contribution is 2.33. The van der Waals surface area contributed by atoms with Gasteiger partial charge in [0.2, 0.25) is 23.3 Å². The van der Waals surface area contributed by atoms with Gasteiger partial charge in [0.25, 0.3) is 0 Å². The van der Waals surface area contributed by atoms with E-state index in [9.17, 15) is 31.9 Å². The molecule has 602 valence electrons. The molecule has 3 atom stereocenters. The molecule has 3 amide bonds. The standard InChI is InChI=1S/C67H117F4N3O28S/c68-57-55-58(69)64(71)66(63(57)70)102-62(76)5-7-78-9-11-80-13-15-82-17-19-84-21-23-86-25-27-88-29-31-90-33-35-92-37-39-94-41-43-96-45-47-98-49-51-100-53-54-101-52-50-99-48-46-97-44-42-95-40-38-93-36-34-91-32-30-89-28-26-87-24-22-85-20-18-83-16-14-81-12-10-79-8-6-72-61(75)4-2-1-3-60-65-59(56-103-60)73-67(77)74-65/h55,59-60,65H,1-54,56H2,(H,72,75)(H2,73,74,77)/t59-,60-,65-/m0/s1. The summed E-state index contributed by atoms with van der Waals surface area (Å²) in [6.45, 7) is 20.6. The molecule has 1 aromatic carbocycles. The summed E-state index contributed by atoms with van der Waals surface area (Å²) in [5.74, 6) is -8.54. The predicted molar refractivity (Wildman–Crippen MR) is 363 cm³/mol. The molecule has 0 radical (unpaired) electrons. The number of ether oxygens (including phenoxy) is 25. The van der Waals surface area contributed by atoms with Crippen molar-refractivity contribution in [3.8, 4) is 5.75 Å². The highest BCUT2D eigenvalue weighted by Gasteiger charge is 2.42. The summed E-state index contributed by atoms with van der Waals surface area (Å²) in [4.78, 5) is 35.3. The van der Waals surface area contributed by atoms with Crippen LogP contribution in [0.25, 0.3) is 0 Å². The molecule has 0 unspecified atom stereocenters. The van der Waals surface area contributed by atoms with Crippen molar-refractivity contribution in [2.45, 2.75) is 49.4 Å².